The maximum absolute atomic E-state index is 6.86. The van der Waals surface area contributed by atoms with Crippen molar-refractivity contribution >= 4 is 0 Å². The van der Waals surface area contributed by atoms with E-state index in [1.54, 1.807) is 0 Å². The molecule has 1 aliphatic carbocycles. The van der Waals surface area contributed by atoms with E-state index in [4.69, 9.17) is 5.73 Å². The van der Waals surface area contributed by atoms with E-state index in [-0.39, 0.29) is 5.54 Å². The fourth-order valence-electron chi connectivity index (χ4n) is 3.96. The second-order valence-electron chi connectivity index (χ2n) is 7.16. The van der Waals surface area contributed by atoms with Crippen LogP contribution < -0.4 is 5.73 Å². The summed E-state index contributed by atoms with van der Waals surface area (Å²) in [7, 11) is 0. The van der Waals surface area contributed by atoms with Crippen molar-refractivity contribution in [2.24, 2.45) is 23.5 Å². The minimum atomic E-state index is -0.0768. The molecule has 0 bridgehead atoms. The van der Waals surface area contributed by atoms with Gasteiger partial charge in [0.1, 0.15) is 0 Å². The molecule has 20 heavy (non-hydrogen) atoms. The molecule has 2 N–H and O–H groups in total. The minimum Gasteiger partial charge on any atom is -0.324 e. The van der Waals surface area contributed by atoms with Gasteiger partial charge in [0.15, 0.2) is 0 Å². The zero-order valence-electron chi connectivity index (χ0n) is 13.5. The van der Waals surface area contributed by atoms with Crippen LogP contribution in [0.3, 0.4) is 0 Å². The summed E-state index contributed by atoms with van der Waals surface area (Å²) in [4.78, 5) is 4.63. The zero-order valence-corrected chi connectivity index (χ0v) is 13.5. The fraction of sp³-hybridized carbons (Fsp3) is 0.722. The molecule has 1 heterocycles. The van der Waals surface area contributed by atoms with E-state index in [9.17, 15) is 0 Å². The Labute approximate surface area is 124 Å². The van der Waals surface area contributed by atoms with Gasteiger partial charge in [-0.15, -0.1) is 0 Å². The molecule has 2 nitrogen and oxygen atoms in total. The predicted molar refractivity (Wildman–Crippen MR) is 85.6 cm³/mol. The van der Waals surface area contributed by atoms with Crippen LogP contribution in [-0.4, -0.2) is 10.5 Å². The van der Waals surface area contributed by atoms with Gasteiger partial charge >= 0.3 is 0 Å². The second-order valence-corrected chi connectivity index (χ2v) is 7.16. The second kappa shape index (κ2) is 6.26. The lowest BCUT2D eigenvalue weighted by molar-refractivity contribution is 0.108. The Bertz CT molecular complexity index is 424. The van der Waals surface area contributed by atoms with Crippen LogP contribution >= 0.6 is 0 Å². The third-order valence-corrected chi connectivity index (χ3v) is 5.05. The highest BCUT2D eigenvalue weighted by Gasteiger charge is 2.41. The van der Waals surface area contributed by atoms with Crippen molar-refractivity contribution in [1.29, 1.82) is 0 Å². The van der Waals surface area contributed by atoms with Gasteiger partial charge in [-0.25, -0.2) is 0 Å². The van der Waals surface area contributed by atoms with E-state index < -0.39 is 0 Å². The molecule has 0 amide bonds. The molecule has 1 aliphatic rings. The lowest BCUT2D eigenvalue weighted by Gasteiger charge is -2.46. The van der Waals surface area contributed by atoms with Crippen molar-refractivity contribution in [2.45, 2.75) is 65.3 Å². The first-order valence-electron chi connectivity index (χ1n) is 8.17. The molecule has 1 saturated carbocycles. The van der Waals surface area contributed by atoms with E-state index in [0.717, 1.165) is 30.9 Å². The molecule has 112 valence electrons. The van der Waals surface area contributed by atoms with Crippen molar-refractivity contribution in [1.82, 2.24) is 4.98 Å². The summed E-state index contributed by atoms with van der Waals surface area (Å²) < 4.78 is 0. The van der Waals surface area contributed by atoms with E-state index in [2.05, 4.69) is 44.8 Å². The highest BCUT2D eigenvalue weighted by molar-refractivity contribution is 5.17. The van der Waals surface area contributed by atoms with Crippen LogP contribution in [0, 0.1) is 17.8 Å². The van der Waals surface area contributed by atoms with Gasteiger partial charge in [0.2, 0.25) is 0 Å². The summed E-state index contributed by atoms with van der Waals surface area (Å²) in [5, 5.41) is 0. The topological polar surface area (TPSA) is 38.9 Å². The lowest BCUT2D eigenvalue weighted by atomic mass is 9.64. The van der Waals surface area contributed by atoms with Gasteiger partial charge in [-0.3, -0.25) is 4.98 Å². The average Bonchev–Trinajstić information content (AvgIpc) is 2.38. The molecule has 0 spiro atoms. The summed E-state index contributed by atoms with van der Waals surface area (Å²) in [6.07, 6.45) is 7.70. The number of hydrogen-bond acceptors (Lipinski definition) is 2. The van der Waals surface area contributed by atoms with Crippen molar-refractivity contribution in [3.63, 3.8) is 0 Å². The largest absolute Gasteiger partial charge is 0.324 e. The third kappa shape index (κ3) is 3.41. The van der Waals surface area contributed by atoms with Crippen molar-refractivity contribution in [3.8, 4) is 0 Å². The van der Waals surface area contributed by atoms with Gasteiger partial charge in [-0.05, 0) is 48.6 Å². The number of rotatable bonds is 4. The SMILES string of the molecule is CCc1ccc(CC2(N)CC(C)CCC2C(C)C)nc1. The van der Waals surface area contributed by atoms with Crippen LogP contribution in [0.25, 0.3) is 0 Å². The van der Waals surface area contributed by atoms with Crippen LogP contribution in [0.2, 0.25) is 0 Å². The van der Waals surface area contributed by atoms with Crippen LogP contribution in [0.4, 0.5) is 0 Å². The molecule has 0 aliphatic heterocycles. The fourth-order valence-corrected chi connectivity index (χ4v) is 3.96. The van der Waals surface area contributed by atoms with Crippen molar-refractivity contribution in [2.75, 3.05) is 0 Å². The van der Waals surface area contributed by atoms with Gasteiger partial charge < -0.3 is 5.73 Å². The Morgan fingerprint density at radius 2 is 2.10 bits per heavy atom. The molecular weight excluding hydrogens is 244 g/mol. The molecule has 0 radical (unpaired) electrons. The molecule has 1 aromatic rings. The number of nitrogens with zero attached hydrogens (tertiary/aromatic N) is 1. The summed E-state index contributed by atoms with van der Waals surface area (Å²) in [6.45, 7) is 9.14. The number of aryl methyl sites for hydroxylation is 1. The Balaban J connectivity index is 2.17. The minimum absolute atomic E-state index is 0.0768. The maximum atomic E-state index is 6.86. The molecule has 2 heteroatoms. The number of hydrogen-bond donors (Lipinski definition) is 1. The summed E-state index contributed by atoms with van der Waals surface area (Å²) in [5.41, 5.74) is 9.24. The summed E-state index contributed by atoms with van der Waals surface area (Å²) in [6, 6.07) is 4.37. The van der Waals surface area contributed by atoms with Gasteiger partial charge in [-0.2, -0.15) is 0 Å². The molecule has 1 aromatic heterocycles. The molecule has 3 unspecified atom stereocenters. The highest BCUT2D eigenvalue weighted by atomic mass is 14.8. The maximum Gasteiger partial charge on any atom is 0.0422 e. The molecular formula is C18H30N2. The Kier molecular flexibility index (Phi) is 4.85. The molecule has 0 saturated heterocycles. The number of aromatic nitrogens is 1. The van der Waals surface area contributed by atoms with Gasteiger partial charge in [0.05, 0.1) is 0 Å². The Morgan fingerprint density at radius 3 is 2.65 bits per heavy atom. The molecule has 0 aromatic carbocycles. The lowest BCUT2D eigenvalue weighted by Crippen LogP contribution is -2.54. The quantitative estimate of drug-likeness (QED) is 0.902. The van der Waals surface area contributed by atoms with Crippen LogP contribution in [0.1, 0.15) is 58.2 Å². The Morgan fingerprint density at radius 1 is 1.35 bits per heavy atom. The molecule has 2 rings (SSSR count). The first-order chi connectivity index (χ1) is 9.44. The van der Waals surface area contributed by atoms with Gasteiger partial charge in [0.25, 0.3) is 0 Å². The first kappa shape index (κ1) is 15.5. The monoisotopic (exact) mass is 274 g/mol. The average molecular weight is 274 g/mol. The van der Waals surface area contributed by atoms with Gasteiger partial charge in [-0.1, -0.05) is 40.2 Å². The zero-order chi connectivity index (χ0) is 14.8. The van der Waals surface area contributed by atoms with E-state index >= 15 is 0 Å². The normalized spacial score (nSPS) is 30.7. The smallest absolute Gasteiger partial charge is 0.0422 e. The number of pyridine rings is 1. The summed E-state index contributed by atoms with van der Waals surface area (Å²) in [5.74, 6) is 2.01. The highest BCUT2D eigenvalue weighted by Crippen LogP contribution is 2.41. The first-order valence-corrected chi connectivity index (χ1v) is 8.17. The van der Waals surface area contributed by atoms with E-state index in [1.165, 1.54) is 18.4 Å². The van der Waals surface area contributed by atoms with Crippen molar-refractivity contribution in [3.05, 3.63) is 29.6 Å². The third-order valence-electron chi connectivity index (χ3n) is 5.05. The molecule has 3 atom stereocenters. The van der Waals surface area contributed by atoms with E-state index in [1.807, 2.05) is 6.20 Å². The molecule has 1 fully saturated rings. The van der Waals surface area contributed by atoms with Crippen LogP contribution in [0.5, 0.6) is 0 Å². The Hall–Kier alpha value is -0.890. The van der Waals surface area contributed by atoms with Gasteiger partial charge in [0, 0.05) is 23.9 Å². The predicted octanol–water partition coefficient (Wildman–Crippen LogP) is 3.98. The van der Waals surface area contributed by atoms with Crippen LogP contribution in [-0.2, 0) is 12.8 Å². The summed E-state index contributed by atoms with van der Waals surface area (Å²) >= 11 is 0. The van der Waals surface area contributed by atoms with Crippen molar-refractivity contribution < 1.29 is 0 Å². The standard InChI is InChI=1S/C18H30N2/c1-5-15-7-8-16(20-12-15)11-18(19)10-14(4)6-9-17(18)13(2)3/h7-8,12-14,17H,5-6,9-11,19H2,1-4H3. The van der Waals surface area contributed by atoms with E-state index in [0.29, 0.717) is 11.8 Å². The number of nitrogens with two attached hydrogens (primary N) is 1. The van der Waals surface area contributed by atoms with Crippen LogP contribution in [0.15, 0.2) is 18.3 Å².